The highest BCUT2D eigenvalue weighted by Gasteiger charge is 2.08. The highest BCUT2D eigenvalue weighted by molar-refractivity contribution is 9.10. The summed E-state index contributed by atoms with van der Waals surface area (Å²) >= 11 is 3.45. The molecular weight excluding hydrogens is 318 g/mol. The fraction of sp³-hybridized carbons (Fsp3) is 0.200. The average molecular weight is 334 g/mol. The van der Waals surface area contributed by atoms with Gasteiger partial charge in [0.15, 0.2) is 0 Å². The predicted molar refractivity (Wildman–Crippen MR) is 83.8 cm³/mol. The molecule has 0 atom stereocenters. The Morgan fingerprint density at radius 3 is 2.85 bits per heavy atom. The number of amides is 1. The standard InChI is InChI=1S/C15H16BrN3O/c1-10-2-3-13(9-14(10)16)19-15(20)11-5-7-18-12(8-11)4-6-17/h2-3,5,7-9H,4,6,17H2,1H3,(H,19,20). The first-order valence-corrected chi connectivity index (χ1v) is 7.12. The molecule has 0 radical (unpaired) electrons. The summed E-state index contributed by atoms with van der Waals surface area (Å²) in [7, 11) is 0. The average Bonchev–Trinajstić information content (AvgIpc) is 2.43. The lowest BCUT2D eigenvalue weighted by Gasteiger charge is -2.08. The topological polar surface area (TPSA) is 68.0 Å². The molecule has 0 aliphatic heterocycles. The van der Waals surface area contributed by atoms with Crippen molar-refractivity contribution < 1.29 is 4.79 Å². The number of carbonyl (C=O) groups excluding carboxylic acids is 1. The zero-order valence-corrected chi connectivity index (χ0v) is 12.8. The fourth-order valence-corrected chi connectivity index (χ4v) is 2.16. The van der Waals surface area contributed by atoms with Crippen LogP contribution in [0.15, 0.2) is 41.0 Å². The molecule has 1 amide bonds. The molecular formula is C15H16BrN3O. The minimum Gasteiger partial charge on any atom is -0.330 e. The Morgan fingerprint density at radius 2 is 2.15 bits per heavy atom. The van der Waals surface area contributed by atoms with Gasteiger partial charge in [-0.2, -0.15) is 0 Å². The van der Waals surface area contributed by atoms with E-state index in [0.29, 0.717) is 18.5 Å². The number of nitrogens with zero attached hydrogens (tertiary/aromatic N) is 1. The van der Waals surface area contributed by atoms with E-state index >= 15 is 0 Å². The van der Waals surface area contributed by atoms with Crippen LogP contribution in [0.1, 0.15) is 21.6 Å². The molecule has 0 spiro atoms. The second kappa shape index (κ2) is 6.63. The summed E-state index contributed by atoms with van der Waals surface area (Å²) in [6.07, 6.45) is 2.29. The summed E-state index contributed by atoms with van der Waals surface area (Å²) in [6.45, 7) is 2.51. The van der Waals surface area contributed by atoms with Gasteiger partial charge in [-0.25, -0.2) is 0 Å². The van der Waals surface area contributed by atoms with E-state index < -0.39 is 0 Å². The minimum absolute atomic E-state index is 0.151. The quantitative estimate of drug-likeness (QED) is 0.903. The Bertz CT molecular complexity index is 628. The third kappa shape index (κ3) is 3.65. The van der Waals surface area contributed by atoms with Gasteiger partial charge in [0.2, 0.25) is 0 Å². The van der Waals surface area contributed by atoms with Crippen LogP contribution in [0.5, 0.6) is 0 Å². The van der Waals surface area contributed by atoms with Gasteiger partial charge in [0.25, 0.3) is 5.91 Å². The number of anilines is 1. The van der Waals surface area contributed by atoms with E-state index in [9.17, 15) is 4.79 Å². The Morgan fingerprint density at radius 1 is 1.35 bits per heavy atom. The molecule has 0 bridgehead atoms. The number of hydrogen-bond donors (Lipinski definition) is 2. The van der Waals surface area contributed by atoms with Gasteiger partial charge >= 0.3 is 0 Å². The van der Waals surface area contributed by atoms with Gasteiger partial charge < -0.3 is 11.1 Å². The second-order valence-electron chi connectivity index (χ2n) is 4.49. The van der Waals surface area contributed by atoms with E-state index in [1.807, 2.05) is 25.1 Å². The Hall–Kier alpha value is -1.72. The highest BCUT2D eigenvalue weighted by Crippen LogP contribution is 2.21. The Labute approximate surface area is 126 Å². The molecule has 1 heterocycles. The van der Waals surface area contributed by atoms with Gasteiger partial charge in [-0.15, -0.1) is 0 Å². The maximum Gasteiger partial charge on any atom is 0.255 e. The van der Waals surface area contributed by atoms with Gasteiger partial charge in [0.05, 0.1) is 0 Å². The normalized spacial score (nSPS) is 10.3. The number of rotatable bonds is 4. The van der Waals surface area contributed by atoms with Crippen LogP contribution in [0.4, 0.5) is 5.69 Å². The second-order valence-corrected chi connectivity index (χ2v) is 5.35. The highest BCUT2D eigenvalue weighted by atomic mass is 79.9. The lowest BCUT2D eigenvalue weighted by Crippen LogP contribution is -2.13. The lowest BCUT2D eigenvalue weighted by atomic mass is 10.1. The molecule has 0 aliphatic rings. The minimum atomic E-state index is -0.151. The van der Waals surface area contributed by atoms with Crippen LogP contribution in [0.3, 0.4) is 0 Å². The number of nitrogens with one attached hydrogen (secondary N) is 1. The van der Waals surface area contributed by atoms with Crippen LogP contribution in [-0.4, -0.2) is 17.4 Å². The zero-order valence-electron chi connectivity index (χ0n) is 11.2. The Balaban J connectivity index is 2.15. The van der Waals surface area contributed by atoms with Gasteiger partial charge in [0, 0.05) is 34.0 Å². The van der Waals surface area contributed by atoms with Crippen LogP contribution in [0, 0.1) is 6.92 Å². The van der Waals surface area contributed by atoms with Crippen molar-refractivity contribution in [1.29, 1.82) is 0 Å². The third-order valence-electron chi connectivity index (χ3n) is 2.91. The lowest BCUT2D eigenvalue weighted by molar-refractivity contribution is 0.102. The molecule has 1 aromatic heterocycles. The summed E-state index contributed by atoms with van der Waals surface area (Å²) in [5.74, 6) is -0.151. The van der Waals surface area contributed by atoms with Gasteiger partial charge in [-0.1, -0.05) is 22.0 Å². The summed E-state index contributed by atoms with van der Waals surface area (Å²) in [5, 5.41) is 2.87. The van der Waals surface area contributed by atoms with E-state index in [4.69, 9.17) is 5.73 Å². The van der Waals surface area contributed by atoms with E-state index in [1.165, 1.54) is 0 Å². The number of aromatic nitrogens is 1. The van der Waals surface area contributed by atoms with Crippen molar-refractivity contribution >= 4 is 27.5 Å². The van der Waals surface area contributed by atoms with Crippen LogP contribution < -0.4 is 11.1 Å². The first kappa shape index (κ1) is 14.7. The molecule has 104 valence electrons. The van der Waals surface area contributed by atoms with E-state index in [-0.39, 0.29) is 5.91 Å². The maximum absolute atomic E-state index is 12.2. The molecule has 5 heteroatoms. The number of benzene rings is 1. The molecule has 3 N–H and O–H groups in total. The van der Waals surface area contributed by atoms with Crippen LogP contribution >= 0.6 is 15.9 Å². The Kier molecular flexibility index (Phi) is 4.87. The van der Waals surface area contributed by atoms with Crippen molar-refractivity contribution in [3.05, 3.63) is 57.8 Å². The molecule has 1 aromatic carbocycles. The predicted octanol–water partition coefficient (Wildman–Crippen LogP) is 2.91. The molecule has 2 rings (SSSR count). The summed E-state index contributed by atoms with van der Waals surface area (Å²) in [5.41, 5.74) is 8.78. The molecule has 0 saturated heterocycles. The summed E-state index contributed by atoms with van der Waals surface area (Å²) in [6, 6.07) is 9.17. The molecule has 0 fully saturated rings. The van der Waals surface area contributed by atoms with Gasteiger partial charge in [-0.05, 0) is 43.3 Å². The number of nitrogens with two attached hydrogens (primary N) is 1. The third-order valence-corrected chi connectivity index (χ3v) is 3.76. The molecule has 2 aromatic rings. The van der Waals surface area contributed by atoms with Crippen molar-refractivity contribution in [3.8, 4) is 0 Å². The number of pyridine rings is 1. The number of aryl methyl sites for hydroxylation is 1. The SMILES string of the molecule is Cc1ccc(NC(=O)c2ccnc(CCN)c2)cc1Br. The molecule has 0 unspecified atom stereocenters. The summed E-state index contributed by atoms with van der Waals surface area (Å²) < 4.78 is 0.967. The first-order valence-electron chi connectivity index (χ1n) is 6.32. The van der Waals surface area contributed by atoms with Crippen molar-refractivity contribution in [3.63, 3.8) is 0 Å². The van der Waals surface area contributed by atoms with Crippen molar-refractivity contribution in [2.75, 3.05) is 11.9 Å². The van der Waals surface area contributed by atoms with Crippen molar-refractivity contribution in [2.24, 2.45) is 5.73 Å². The van der Waals surface area contributed by atoms with E-state index in [1.54, 1.807) is 18.3 Å². The molecule has 20 heavy (non-hydrogen) atoms. The number of halogens is 1. The van der Waals surface area contributed by atoms with Gasteiger partial charge in [-0.3, -0.25) is 9.78 Å². The van der Waals surface area contributed by atoms with Crippen LogP contribution in [0.25, 0.3) is 0 Å². The zero-order chi connectivity index (χ0) is 14.5. The number of hydrogen-bond acceptors (Lipinski definition) is 3. The molecule has 0 saturated carbocycles. The van der Waals surface area contributed by atoms with Gasteiger partial charge in [0.1, 0.15) is 0 Å². The largest absolute Gasteiger partial charge is 0.330 e. The van der Waals surface area contributed by atoms with Crippen molar-refractivity contribution in [1.82, 2.24) is 4.98 Å². The monoisotopic (exact) mass is 333 g/mol. The van der Waals surface area contributed by atoms with Crippen LogP contribution in [0.2, 0.25) is 0 Å². The van der Waals surface area contributed by atoms with Crippen molar-refractivity contribution in [2.45, 2.75) is 13.3 Å². The summed E-state index contributed by atoms with van der Waals surface area (Å²) in [4.78, 5) is 16.4. The first-order chi connectivity index (χ1) is 9.60. The van der Waals surface area contributed by atoms with Crippen LogP contribution in [-0.2, 0) is 6.42 Å². The number of carbonyl (C=O) groups is 1. The molecule has 0 aliphatic carbocycles. The van der Waals surface area contributed by atoms with E-state index in [2.05, 4.69) is 26.2 Å². The smallest absolute Gasteiger partial charge is 0.255 e. The fourth-order valence-electron chi connectivity index (χ4n) is 1.78. The molecule has 4 nitrogen and oxygen atoms in total. The maximum atomic E-state index is 12.2. The van der Waals surface area contributed by atoms with E-state index in [0.717, 1.165) is 21.4 Å².